The summed E-state index contributed by atoms with van der Waals surface area (Å²) in [4.78, 5) is 16.9. The molecule has 1 aromatic heterocycles. The van der Waals surface area contributed by atoms with Crippen LogP contribution in [0.3, 0.4) is 0 Å². The van der Waals surface area contributed by atoms with Crippen molar-refractivity contribution in [1.29, 1.82) is 0 Å². The van der Waals surface area contributed by atoms with Gasteiger partial charge in [0.1, 0.15) is 5.75 Å². The van der Waals surface area contributed by atoms with Crippen molar-refractivity contribution in [2.75, 3.05) is 27.4 Å². The van der Waals surface area contributed by atoms with E-state index in [1.165, 1.54) is 5.56 Å². The van der Waals surface area contributed by atoms with E-state index in [-0.39, 0.29) is 5.97 Å². The number of pyridine rings is 1. The summed E-state index contributed by atoms with van der Waals surface area (Å²) in [5, 5.41) is 0. The smallest absolute Gasteiger partial charge is 0.334 e. The van der Waals surface area contributed by atoms with Gasteiger partial charge in [0.2, 0.25) is 0 Å². The lowest BCUT2D eigenvalue weighted by Gasteiger charge is -2.21. The fourth-order valence-electron chi connectivity index (χ4n) is 3.97. The third-order valence-electron chi connectivity index (χ3n) is 5.56. The molecule has 1 heterocycles. The highest BCUT2D eigenvalue weighted by Gasteiger charge is 2.23. The minimum Gasteiger partial charge on any atom is -0.496 e. The summed E-state index contributed by atoms with van der Waals surface area (Å²) in [7, 11) is 3.25. The molecule has 0 atom stereocenters. The first-order chi connectivity index (χ1) is 16.0. The highest BCUT2D eigenvalue weighted by atomic mass is 16.5. The molecule has 0 aliphatic rings. The van der Waals surface area contributed by atoms with Crippen LogP contribution in [0.1, 0.15) is 61.8 Å². The molecule has 0 saturated heterocycles. The van der Waals surface area contributed by atoms with Gasteiger partial charge in [0, 0.05) is 34.7 Å². The van der Waals surface area contributed by atoms with Gasteiger partial charge in [-0.2, -0.15) is 0 Å². The van der Waals surface area contributed by atoms with Crippen LogP contribution in [0, 0.1) is 13.8 Å². The number of carbonyl (C=O) groups is 1. The van der Waals surface area contributed by atoms with Gasteiger partial charge >= 0.3 is 5.97 Å². The molecule has 6 nitrogen and oxygen atoms in total. The topological polar surface area (TPSA) is 66.9 Å². The third kappa shape index (κ3) is 6.98. The molecule has 0 radical (unpaired) electrons. The van der Waals surface area contributed by atoms with E-state index in [1.54, 1.807) is 20.4 Å². The molecule has 2 aromatic rings. The zero-order valence-electron chi connectivity index (χ0n) is 20.8. The van der Waals surface area contributed by atoms with Crippen LogP contribution in [0.2, 0.25) is 0 Å². The molecule has 0 bridgehead atoms. The predicted molar refractivity (Wildman–Crippen MR) is 131 cm³/mol. The van der Waals surface area contributed by atoms with Crippen LogP contribution in [0.5, 0.6) is 17.2 Å². The Kier molecular flexibility index (Phi) is 10.7. The van der Waals surface area contributed by atoms with E-state index in [0.29, 0.717) is 36.7 Å². The lowest BCUT2D eigenvalue weighted by Crippen LogP contribution is -2.09. The van der Waals surface area contributed by atoms with E-state index < -0.39 is 0 Å². The van der Waals surface area contributed by atoms with Crippen molar-refractivity contribution in [3.8, 4) is 17.2 Å². The zero-order valence-corrected chi connectivity index (χ0v) is 20.8. The van der Waals surface area contributed by atoms with Crippen molar-refractivity contribution in [2.45, 2.75) is 59.8 Å². The Balaban J connectivity index is 2.31. The lowest BCUT2D eigenvalue weighted by molar-refractivity contribution is -0.138. The van der Waals surface area contributed by atoms with E-state index in [0.717, 1.165) is 48.1 Å². The van der Waals surface area contributed by atoms with Gasteiger partial charge in [-0.15, -0.1) is 0 Å². The van der Waals surface area contributed by atoms with Crippen molar-refractivity contribution >= 4 is 12.0 Å². The summed E-state index contributed by atoms with van der Waals surface area (Å²) in [6.07, 6.45) is 10.1. The normalized spacial score (nSPS) is 11.3. The minimum atomic E-state index is -0.302. The first-order valence-electron chi connectivity index (χ1n) is 11.6. The van der Waals surface area contributed by atoms with Crippen molar-refractivity contribution in [3.63, 3.8) is 0 Å². The molecule has 0 unspecified atom stereocenters. The SMILES string of the molecule is CCOC(=O)/C(=C/c1c(C)c(OC)c(C)c(OCC)c1OC)CCCCCc1cccnc1. The molecule has 0 aliphatic carbocycles. The van der Waals surface area contributed by atoms with E-state index in [9.17, 15) is 4.79 Å². The first kappa shape index (κ1) is 26.2. The van der Waals surface area contributed by atoms with Crippen molar-refractivity contribution in [1.82, 2.24) is 4.98 Å². The van der Waals surface area contributed by atoms with Crippen LogP contribution in [0.15, 0.2) is 30.1 Å². The van der Waals surface area contributed by atoms with Gasteiger partial charge in [0.05, 0.1) is 27.4 Å². The second kappa shape index (κ2) is 13.5. The summed E-state index contributed by atoms with van der Waals surface area (Å²) >= 11 is 0. The van der Waals surface area contributed by atoms with Crippen molar-refractivity contribution in [2.24, 2.45) is 0 Å². The molecule has 0 fully saturated rings. The Morgan fingerprint density at radius 2 is 1.73 bits per heavy atom. The Hall–Kier alpha value is -3.02. The van der Waals surface area contributed by atoms with Gasteiger partial charge in [0.15, 0.2) is 11.5 Å². The fourth-order valence-corrected chi connectivity index (χ4v) is 3.97. The molecule has 33 heavy (non-hydrogen) atoms. The zero-order chi connectivity index (χ0) is 24.2. The van der Waals surface area contributed by atoms with Crippen molar-refractivity contribution in [3.05, 3.63) is 52.4 Å². The van der Waals surface area contributed by atoms with E-state index >= 15 is 0 Å². The Morgan fingerprint density at radius 3 is 2.33 bits per heavy atom. The number of nitrogens with zero attached hydrogens (tertiary/aromatic N) is 1. The number of aromatic nitrogens is 1. The molecule has 0 amide bonds. The maximum atomic E-state index is 12.8. The van der Waals surface area contributed by atoms with Gasteiger partial charge in [-0.05, 0) is 71.1 Å². The van der Waals surface area contributed by atoms with Crippen molar-refractivity contribution < 1.29 is 23.7 Å². The summed E-state index contributed by atoms with van der Waals surface area (Å²) < 4.78 is 22.6. The number of carbonyl (C=O) groups excluding carboxylic acids is 1. The highest BCUT2D eigenvalue weighted by molar-refractivity contribution is 5.95. The number of rotatable bonds is 13. The molecule has 0 aliphatic heterocycles. The molecule has 1 aromatic carbocycles. The number of unbranched alkanes of at least 4 members (excludes halogenated alkanes) is 2. The molecule has 6 heteroatoms. The number of esters is 1. The first-order valence-corrected chi connectivity index (χ1v) is 11.6. The highest BCUT2D eigenvalue weighted by Crippen LogP contribution is 2.44. The largest absolute Gasteiger partial charge is 0.496 e. The summed E-state index contributed by atoms with van der Waals surface area (Å²) in [6.45, 7) is 8.48. The van der Waals surface area contributed by atoms with Gasteiger partial charge in [0.25, 0.3) is 0 Å². The van der Waals surface area contributed by atoms with Crippen LogP contribution in [0.4, 0.5) is 0 Å². The van der Waals surface area contributed by atoms with Gasteiger partial charge < -0.3 is 18.9 Å². The molecule has 180 valence electrons. The van der Waals surface area contributed by atoms with Crippen LogP contribution in [-0.4, -0.2) is 38.4 Å². The molecule has 0 saturated carbocycles. The number of hydrogen-bond donors (Lipinski definition) is 0. The summed E-state index contributed by atoms with van der Waals surface area (Å²) in [6, 6.07) is 4.05. The number of methoxy groups -OCH3 is 2. The van der Waals surface area contributed by atoms with Crippen LogP contribution in [-0.2, 0) is 16.0 Å². The average Bonchev–Trinajstić information content (AvgIpc) is 2.82. The van der Waals surface area contributed by atoms with Gasteiger partial charge in [-0.25, -0.2) is 4.79 Å². The number of hydrogen-bond acceptors (Lipinski definition) is 6. The Bertz CT molecular complexity index is 938. The maximum Gasteiger partial charge on any atom is 0.334 e. The molecular formula is C27H37NO5. The fraction of sp³-hybridized carbons (Fsp3) is 0.481. The molecule has 2 rings (SSSR count). The van der Waals surface area contributed by atoms with Crippen LogP contribution in [0.25, 0.3) is 6.08 Å². The molecule has 0 spiro atoms. The maximum absolute atomic E-state index is 12.8. The monoisotopic (exact) mass is 455 g/mol. The van der Waals surface area contributed by atoms with E-state index in [1.807, 2.05) is 46.0 Å². The van der Waals surface area contributed by atoms with E-state index in [2.05, 4.69) is 11.1 Å². The third-order valence-corrected chi connectivity index (χ3v) is 5.56. The number of ether oxygens (including phenoxy) is 4. The Labute approximate surface area is 197 Å². The Morgan fingerprint density at radius 1 is 0.970 bits per heavy atom. The lowest BCUT2D eigenvalue weighted by atomic mass is 9.96. The van der Waals surface area contributed by atoms with Gasteiger partial charge in [-0.1, -0.05) is 12.5 Å². The number of aryl methyl sites for hydroxylation is 1. The average molecular weight is 456 g/mol. The minimum absolute atomic E-state index is 0.302. The quantitative estimate of drug-likeness (QED) is 0.214. The number of benzene rings is 1. The second-order valence-electron chi connectivity index (χ2n) is 7.80. The second-order valence-corrected chi connectivity index (χ2v) is 7.80. The van der Waals surface area contributed by atoms with Gasteiger partial charge in [-0.3, -0.25) is 4.98 Å². The predicted octanol–water partition coefficient (Wildman–Crippen LogP) is 5.86. The molecular weight excluding hydrogens is 418 g/mol. The molecule has 0 N–H and O–H groups in total. The standard InChI is InChI=1S/C27H37NO5/c1-7-32-25-20(4)24(30-5)19(3)23(26(25)31-6)17-22(27(29)33-8-2)15-11-9-10-13-21-14-12-16-28-18-21/h12,14,16-18H,7-11,13,15H2,1-6H3/b22-17+. The summed E-state index contributed by atoms with van der Waals surface area (Å²) in [5.74, 6) is 1.66. The van der Waals surface area contributed by atoms with E-state index in [4.69, 9.17) is 18.9 Å². The summed E-state index contributed by atoms with van der Waals surface area (Å²) in [5.41, 5.74) is 4.40. The van der Waals surface area contributed by atoms with Crippen LogP contribution >= 0.6 is 0 Å². The van der Waals surface area contributed by atoms with Crippen LogP contribution < -0.4 is 14.2 Å².